The molecule has 0 unspecified atom stereocenters. The molecule has 83 valence electrons. The van der Waals surface area contributed by atoms with Crippen LogP contribution in [0.15, 0.2) is 12.1 Å². The van der Waals surface area contributed by atoms with Gasteiger partial charge in [0, 0.05) is 32.7 Å². The molecule has 0 fully saturated rings. The van der Waals surface area contributed by atoms with Gasteiger partial charge in [-0.15, -0.1) is 6.07 Å². The van der Waals surface area contributed by atoms with Gasteiger partial charge < -0.3 is 14.6 Å². The minimum atomic E-state index is -0.114. The van der Waals surface area contributed by atoms with Crippen molar-refractivity contribution >= 4 is 17.9 Å². The van der Waals surface area contributed by atoms with Gasteiger partial charge in [-0.05, 0) is 12.6 Å². The van der Waals surface area contributed by atoms with Gasteiger partial charge in [0.1, 0.15) is 11.7 Å². The van der Waals surface area contributed by atoms with Crippen molar-refractivity contribution in [2.45, 2.75) is 6.92 Å². The van der Waals surface area contributed by atoms with Crippen LogP contribution >= 0.6 is 0 Å². The van der Waals surface area contributed by atoms with E-state index in [9.17, 15) is 9.59 Å². The first-order valence-electron chi connectivity index (χ1n) is 4.31. The Morgan fingerprint density at radius 2 is 2.38 bits per heavy atom. The van der Waals surface area contributed by atoms with Crippen LogP contribution in [-0.4, -0.2) is 30.8 Å². The third kappa shape index (κ3) is 3.98. The van der Waals surface area contributed by atoms with Crippen LogP contribution < -0.4 is 9.64 Å². The molecule has 1 aromatic heterocycles. The van der Waals surface area contributed by atoms with Crippen molar-refractivity contribution in [2.24, 2.45) is 0 Å². The summed E-state index contributed by atoms with van der Waals surface area (Å²) in [5, 5.41) is 0. The zero-order valence-corrected chi connectivity index (χ0v) is 12.0. The molecule has 16 heavy (non-hydrogen) atoms. The number of Topliss-reactive ketones (excluding diaryl/α,β-unsaturated/α-hetero) is 1. The van der Waals surface area contributed by atoms with Gasteiger partial charge in [-0.1, -0.05) is 6.20 Å². The number of hydrogen-bond acceptors (Lipinski definition) is 4. The second-order valence-corrected chi connectivity index (χ2v) is 2.90. The third-order valence-corrected chi connectivity index (χ3v) is 1.72. The van der Waals surface area contributed by atoms with Gasteiger partial charge in [0.15, 0.2) is 0 Å². The Hall–Kier alpha value is -0.806. The molecular weight excluding hydrogens is 285 g/mol. The van der Waals surface area contributed by atoms with E-state index in [0.29, 0.717) is 12.1 Å². The van der Waals surface area contributed by atoms with E-state index in [4.69, 9.17) is 4.74 Å². The molecule has 0 atom stereocenters. The first kappa shape index (κ1) is 15.2. The van der Waals surface area contributed by atoms with Crippen molar-refractivity contribution in [3.63, 3.8) is 0 Å². The fourth-order valence-electron chi connectivity index (χ4n) is 1.13. The maximum atomic E-state index is 10.9. The summed E-state index contributed by atoms with van der Waals surface area (Å²) in [7, 11) is 1.44. The Morgan fingerprint density at radius 1 is 1.69 bits per heavy atom. The molecule has 0 bridgehead atoms. The van der Waals surface area contributed by atoms with Gasteiger partial charge in [0.2, 0.25) is 6.41 Å². The molecule has 0 spiro atoms. The van der Waals surface area contributed by atoms with E-state index in [1.54, 1.807) is 12.1 Å². The van der Waals surface area contributed by atoms with Crippen LogP contribution in [0.2, 0.25) is 0 Å². The van der Waals surface area contributed by atoms with Crippen LogP contribution in [0.4, 0.5) is 5.69 Å². The fraction of sp³-hybridized carbons (Fsp3) is 0.300. The van der Waals surface area contributed by atoms with Gasteiger partial charge in [-0.25, -0.2) is 0 Å². The van der Waals surface area contributed by atoms with Gasteiger partial charge in [0.05, 0.1) is 13.7 Å². The molecule has 6 heteroatoms. The average Bonchev–Trinajstić information content (AvgIpc) is 2.25. The van der Waals surface area contributed by atoms with E-state index < -0.39 is 0 Å². The van der Waals surface area contributed by atoms with Gasteiger partial charge in [0.25, 0.3) is 0 Å². The first-order valence-corrected chi connectivity index (χ1v) is 4.31. The number of rotatable bonds is 5. The molecule has 0 saturated carbocycles. The van der Waals surface area contributed by atoms with Crippen LogP contribution in [0, 0.1) is 6.20 Å². The van der Waals surface area contributed by atoms with Gasteiger partial charge in [-0.2, -0.15) is 6.07 Å². The van der Waals surface area contributed by atoms with Crippen molar-refractivity contribution in [3.8, 4) is 5.88 Å². The van der Waals surface area contributed by atoms with Crippen molar-refractivity contribution in [3.05, 3.63) is 18.3 Å². The standard InChI is InChI=1S/C10H11N2O3.Y/c1-8(14)6-12(7-13)9-4-3-5-11-10(9)15-2;/h3-4,7H,6H2,1-2H3;/q-1;. The quantitative estimate of drug-likeness (QED) is 0.584. The number of carbonyl (C=O) groups excluding carboxylic acids is 2. The summed E-state index contributed by atoms with van der Waals surface area (Å²) in [6.07, 6.45) is 3.15. The fourth-order valence-corrected chi connectivity index (χ4v) is 1.13. The summed E-state index contributed by atoms with van der Waals surface area (Å²) in [4.78, 5) is 26.8. The number of carbonyl (C=O) groups is 2. The summed E-state index contributed by atoms with van der Waals surface area (Å²) < 4.78 is 4.96. The van der Waals surface area contributed by atoms with E-state index in [-0.39, 0.29) is 50.9 Å². The maximum absolute atomic E-state index is 10.9. The number of nitrogens with zero attached hydrogens (tertiary/aromatic N) is 2. The Labute approximate surface area is 119 Å². The van der Waals surface area contributed by atoms with E-state index in [1.165, 1.54) is 18.9 Å². The molecule has 1 aromatic rings. The number of ketones is 1. The molecule has 1 rings (SSSR count). The maximum Gasteiger partial charge on any atom is 0.212 e. The molecule has 0 N–H and O–H groups in total. The number of anilines is 1. The Balaban J connectivity index is 0.00000225. The molecule has 0 aliphatic carbocycles. The molecule has 1 radical (unpaired) electrons. The van der Waals surface area contributed by atoms with E-state index >= 15 is 0 Å². The molecular formula is C10H11N2O3Y-. The van der Waals surface area contributed by atoms with Gasteiger partial charge in [-0.3, -0.25) is 9.59 Å². The third-order valence-electron chi connectivity index (χ3n) is 1.72. The molecule has 5 nitrogen and oxygen atoms in total. The zero-order chi connectivity index (χ0) is 11.3. The number of aromatic nitrogens is 1. The van der Waals surface area contributed by atoms with E-state index in [0.717, 1.165) is 0 Å². The van der Waals surface area contributed by atoms with Crippen molar-refractivity contribution < 1.29 is 47.0 Å². The molecule has 0 saturated heterocycles. The van der Waals surface area contributed by atoms with Crippen LogP contribution in [0.1, 0.15) is 6.92 Å². The summed E-state index contributed by atoms with van der Waals surface area (Å²) in [6.45, 7) is 1.41. The van der Waals surface area contributed by atoms with Crippen LogP contribution in [-0.2, 0) is 42.3 Å². The molecule has 1 heterocycles. The van der Waals surface area contributed by atoms with Crippen molar-refractivity contribution in [1.29, 1.82) is 0 Å². The second-order valence-electron chi connectivity index (χ2n) is 2.90. The molecule has 1 amide bonds. The topological polar surface area (TPSA) is 59.5 Å². The van der Waals surface area contributed by atoms with E-state index in [2.05, 4.69) is 11.2 Å². The van der Waals surface area contributed by atoms with Crippen LogP contribution in [0.3, 0.4) is 0 Å². The van der Waals surface area contributed by atoms with Crippen LogP contribution in [0.5, 0.6) is 5.88 Å². The predicted molar refractivity (Wildman–Crippen MR) is 53.7 cm³/mol. The number of amides is 1. The normalized spacial score (nSPS) is 8.88. The Kier molecular flexibility index (Phi) is 7.09. The second kappa shape index (κ2) is 7.46. The van der Waals surface area contributed by atoms with E-state index in [1.807, 2.05) is 0 Å². The summed E-state index contributed by atoms with van der Waals surface area (Å²) in [5.74, 6) is 0.155. The van der Waals surface area contributed by atoms with Crippen LogP contribution in [0.25, 0.3) is 0 Å². The number of ether oxygens (including phenoxy) is 1. The minimum Gasteiger partial charge on any atom is -0.536 e. The number of methoxy groups -OCH3 is 1. The molecule has 0 aliphatic rings. The molecule has 0 aliphatic heterocycles. The number of hydrogen-bond donors (Lipinski definition) is 0. The zero-order valence-electron chi connectivity index (χ0n) is 9.14. The largest absolute Gasteiger partial charge is 0.536 e. The molecule has 0 aromatic carbocycles. The minimum absolute atomic E-state index is 0. The SMILES string of the molecule is COc1n[c-]ccc1N(C=O)CC(C)=O.[Y]. The Bertz CT molecular complexity index is 371. The smallest absolute Gasteiger partial charge is 0.212 e. The van der Waals surface area contributed by atoms with Crippen molar-refractivity contribution in [1.82, 2.24) is 4.98 Å². The summed E-state index contributed by atoms with van der Waals surface area (Å²) in [5.41, 5.74) is 0.460. The summed E-state index contributed by atoms with van der Waals surface area (Å²) in [6, 6.07) is 3.16. The van der Waals surface area contributed by atoms with Crippen molar-refractivity contribution in [2.75, 3.05) is 18.6 Å². The number of pyridine rings is 1. The van der Waals surface area contributed by atoms with Gasteiger partial charge >= 0.3 is 0 Å². The summed E-state index contributed by atoms with van der Waals surface area (Å²) >= 11 is 0. The first-order chi connectivity index (χ1) is 7.19. The monoisotopic (exact) mass is 296 g/mol. The average molecular weight is 296 g/mol. The Morgan fingerprint density at radius 3 is 2.88 bits per heavy atom. The predicted octanol–water partition coefficient (Wildman–Crippen LogP) is 0.440.